The number of primary amides is 1. The molecule has 1 atom stereocenters. The van der Waals surface area contributed by atoms with Gasteiger partial charge < -0.3 is 19.9 Å². The van der Waals surface area contributed by atoms with Gasteiger partial charge in [0, 0.05) is 18.9 Å². The molecular formula is C9H18BrNO4. The van der Waals surface area contributed by atoms with Crippen LogP contribution in [-0.4, -0.2) is 44.5 Å². The van der Waals surface area contributed by atoms with E-state index in [9.17, 15) is 4.79 Å². The third-order valence-electron chi connectivity index (χ3n) is 1.70. The molecule has 0 aromatic rings. The second-order valence-electron chi connectivity index (χ2n) is 2.97. The van der Waals surface area contributed by atoms with Crippen molar-refractivity contribution in [3.05, 3.63) is 0 Å². The molecule has 0 spiro atoms. The zero-order valence-electron chi connectivity index (χ0n) is 8.91. The van der Waals surface area contributed by atoms with Crippen LogP contribution in [0, 0.1) is 0 Å². The molecule has 0 radical (unpaired) electrons. The van der Waals surface area contributed by atoms with Crippen LogP contribution in [0.2, 0.25) is 0 Å². The zero-order chi connectivity index (χ0) is 11.5. The summed E-state index contributed by atoms with van der Waals surface area (Å²) in [5.74, 6) is -0.315. The first kappa shape index (κ1) is 14.8. The van der Waals surface area contributed by atoms with Gasteiger partial charge in [-0.1, -0.05) is 15.9 Å². The Balaban J connectivity index is 3.40. The van der Waals surface area contributed by atoms with Gasteiger partial charge >= 0.3 is 0 Å². The molecule has 15 heavy (non-hydrogen) atoms. The summed E-state index contributed by atoms with van der Waals surface area (Å²) in [5.41, 5.74) is 5.03. The van der Waals surface area contributed by atoms with Crippen molar-refractivity contribution in [3.63, 3.8) is 0 Å². The van der Waals surface area contributed by atoms with Crippen LogP contribution in [-0.2, 0) is 19.0 Å². The minimum Gasteiger partial charge on any atom is -0.382 e. The molecule has 0 heterocycles. The lowest BCUT2D eigenvalue weighted by Crippen LogP contribution is -2.21. The second-order valence-corrected chi connectivity index (χ2v) is 3.61. The molecule has 0 aliphatic carbocycles. The van der Waals surface area contributed by atoms with Gasteiger partial charge in [0.2, 0.25) is 5.91 Å². The number of carbonyl (C=O) groups is 1. The summed E-state index contributed by atoms with van der Waals surface area (Å²) in [6, 6.07) is 0. The molecule has 0 aromatic carbocycles. The van der Waals surface area contributed by atoms with Crippen molar-refractivity contribution in [1.29, 1.82) is 0 Å². The number of methoxy groups -OCH3 is 1. The zero-order valence-corrected chi connectivity index (χ0v) is 10.5. The molecule has 0 bridgehead atoms. The van der Waals surface area contributed by atoms with Crippen molar-refractivity contribution >= 4 is 21.8 Å². The molecule has 2 N–H and O–H groups in total. The van der Waals surface area contributed by atoms with Crippen molar-refractivity contribution in [1.82, 2.24) is 0 Å². The third-order valence-corrected chi connectivity index (χ3v) is 2.43. The summed E-state index contributed by atoms with van der Waals surface area (Å²) < 4.78 is 15.3. The Morgan fingerprint density at radius 1 is 1.47 bits per heavy atom. The lowest BCUT2D eigenvalue weighted by atomic mass is 10.2. The quantitative estimate of drug-likeness (QED) is 0.363. The Hall–Kier alpha value is -0.170. The predicted octanol–water partition coefficient (Wildman–Crippen LogP) is 0.652. The first-order valence-electron chi connectivity index (χ1n) is 4.73. The molecule has 90 valence electrons. The highest BCUT2D eigenvalue weighted by Crippen LogP contribution is 2.05. The van der Waals surface area contributed by atoms with Crippen LogP contribution in [0.15, 0.2) is 0 Å². The Kier molecular flexibility index (Phi) is 10.2. The van der Waals surface area contributed by atoms with Crippen molar-refractivity contribution < 1.29 is 19.0 Å². The number of nitrogens with two attached hydrogens (primary N) is 1. The normalized spacial score (nSPS) is 12.7. The number of rotatable bonds is 10. The van der Waals surface area contributed by atoms with E-state index in [1.165, 1.54) is 0 Å². The van der Waals surface area contributed by atoms with Crippen molar-refractivity contribution in [2.75, 3.05) is 32.4 Å². The van der Waals surface area contributed by atoms with E-state index in [0.717, 1.165) is 0 Å². The maximum absolute atomic E-state index is 10.5. The van der Waals surface area contributed by atoms with Gasteiger partial charge in [0.1, 0.15) is 6.79 Å². The molecule has 5 nitrogen and oxygen atoms in total. The van der Waals surface area contributed by atoms with Gasteiger partial charge in [0.05, 0.1) is 19.3 Å². The molecule has 0 saturated carbocycles. The molecule has 6 heteroatoms. The summed E-state index contributed by atoms with van der Waals surface area (Å²) in [5, 5.41) is 0.661. The molecule has 0 rings (SSSR count). The van der Waals surface area contributed by atoms with Crippen LogP contribution in [0.5, 0.6) is 0 Å². The van der Waals surface area contributed by atoms with Gasteiger partial charge in [0.25, 0.3) is 0 Å². The van der Waals surface area contributed by atoms with Crippen LogP contribution in [0.3, 0.4) is 0 Å². The number of amides is 1. The average molecular weight is 284 g/mol. The van der Waals surface area contributed by atoms with Crippen LogP contribution in [0.25, 0.3) is 0 Å². The van der Waals surface area contributed by atoms with E-state index in [1.807, 2.05) is 0 Å². The highest BCUT2D eigenvalue weighted by atomic mass is 79.9. The Morgan fingerprint density at radius 2 is 2.20 bits per heavy atom. The van der Waals surface area contributed by atoms with E-state index in [0.29, 0.717) is 31.4 Å². The van der Waals surface area contributed by atoms with Gasteiger partial charge in [0.15, 0.2) is 0 Å². The molecule has 0 aliphatic heterocycles. The van der Waals surface area contributed by atoms with Crippen LogP contribution >= 0.6 is 15.9 Å². The van der Waals surface area contributed by atoms with Crippen molar-refractivity contribution in [2.24, 2.45) is 5.73 Å². The Bertz CT molecular complexity index is 168. The van der Waals surface area contributed by atoms with E-state index in [-0.39, 0.29) is 18.8 Å². The van der Waals surface area contributed by atoms with E-state index in [1.54, 1.807) is 7.11 Å². The lowest BCUT2D eigenvalue weighted by Gasteiger charge is -2.14. The number of alkyl halides is 1. The first-order valence-corrected chi connectivity index (χ1v) is 5.85. The fraction of sp³-hybridized carbons (Fsp3) is 0.889. The fourth-order valence-corrected chi connectivity index (χ4v) is 1.36. The molecule has 0 fully saturated rings. The van der Waals surface area contributed by atoms with E-state index in [2.05, 4.69) is 15.9 Å². The maximum atomic E-state index is 10.5. The van der Waals surface area contributed by atoms with Crippen molar-refractivity contribution in [2.45, 2.75) is 18.9 Å². The smallest absolute Gasteiger partial charge is 0.217 e. The van der Waals surface area contributed by atoms with E-state index < -0.39 is 0 Å². The molecular weight excluding hydrogens is 266 g/mol. The first-order chi connectivity index (χ1) is 7.20. The van der Waals surface area contributed by atoms with Gasteiger partial charge in [-0.25, -0.2) is 0 Å². The summed E-state index contributed by atoms with van der Waals surface area (Å²) in [6.45, 7) is 1.25. The number of hydrogen-bond acceptors (Lipinski definition) is 4. The largest absolute Gasteiger partial charge is 0.382 e. The molecule has 1 amide bonds. The maximum Gasteiger partial charge on any atom is 0.217 e. The number of ether oxygens (including phenoxy) is 3. The van der Waals surface area contributed by atoms with Crippen LogP contribution in [0.4, 0.5) is 0 Å². The Labute approximate surface area is 98.4 Å². The number of carbonyl (C=O) groups excluding carboxylic acids is 1. The summed E-state index contributed by atoms with van der Waals surface area (Å²) in [6.07, 6.45) is 0.891. The van der Waals surface area contributed by atoms with Crippen LogP contribution < -0.4 is 5.73 Å². The van der Waals surface area contributed by atoms with Gasteiger partial charge in [-0.05, 0) is 6.42 Å². The van der Waals surface area contributed by atoms with E-state index in [4.69, 9.17) is 19.9 Å². The molecule has 0 aromatic heterocycles. The summed E-state index contributed by atoms with van der Waals surface area (Å²) in [7, 11) is 1.61. The third kappa shape index (κ3) is 10.1. The number of halogens is 1. The topological polar surface area (TPSA) is 70.8 Å². The minimum atomic E-state index is -0.315. The average Bonchev–Trinajstić information content (AvgIpc) is 2.22. The molecule has 0 aliphatic rings. The van der Waals surface area contributed by atoms with E-state index >= 15 is 0 Å². The minimum absolute atomic E-state index is 0.0416. The molecule has 0 unspecified atom stereocenters. The second kappa shape index (κ2) is 10.4. The SMILES string of the molecule is COCCOCO[C@H](CBr)CCC(N)=O. The summed E-state index contributed by atoms with van der Waals surface area (Å²) >= 11 is 3.29. The highest BCUT2D eigenvalue weighted by molar-refractivity contribution is 9.09. The predicted molar refractivity (Wildman–Crippen MR) is 59.8 cm³/mol. The van der Waals surface area contributed by atoms with Gasteiger partial charge in [-0.2, -0.15) is 0 Å². The Morgan fingerprint density at radius 3 is 2.73 bits per heavy atom. The van der Waals surface area contributed by atoms with Crippen LogP contribution in [0.1, 0.15) is 12.8 Å². The summed E-state index contributed by atoms with van der Waals surface area (Å²) in [4.78, 5) is 10.5. The highest BCUT2D eigenvalue weighted by Gasteiger charge is 2.08. The number of hydrogen-bond donors (Lipinski definition) is 1. The van der Waals surface area contributed by atoms with Gasteiger partial charge in [-0.3, -0.25) is 4.79 Å². The van der Waals surface area contributed by atoms with Gasteiger partial charge in [-0.15, -0.1) is 0 Å². The van der Waals surface area contributed by atoms with Crippen molar-refractivity contribution in [3.8, 4) is 0 Å². The lowest BCUT2D eigenvalue weighted by molar-refractivity contribution is -0.120. The molecule has 0 saturated heterocycles. The standard InChI is InChI=1S/C9H18BrNO4/c1-13-4-5-14-7-15-8(6-10)2-3-9(11)12/h8H,2-7H2,1H3,(H2,11,12)/t8-/m0/s1. The fourth-order valence-electron chi connectivity index (χ4n) is 0.854. The monoisotopic (exact) mass is 283 g/mol.